The smallest absolute Gasteiger partial charge is 0.315 e. The van der Waals surface area contributed by atoms with Crippen molar-refractivity contribution < 1.29 is 9.90 Å². The highest BCUT2D eigenvalue weighted by Crippen LogP contribution is 2.20. The second-order valence-electron chi connectivity index (χ2n) is 7.60. The molecule has 0 unspecified atom stereocenters. The Labute approximate surface area is 147 Å². The van der Waals surface area contributed by atoms with Gasteiger partial charge in [0.25, 0.3) is 0 Å². The molecule has 0 aliphatic carbocycles. The molecule has 0 atom stereocenters. The Hall–Kier alpha value is -0.850. The van der Waals surface area contributed by atoms with Gasteiger partial charge in [0.1, 0.15) is 0 Å². The van der Waals surface area contributed by atoms with E-state index in [2.05, 4.69) is 27.5 Å². The van der Waals surface area contributed by atoms with E-state index < -0.39 is 5.60 Å². The Kier molecular flexibility index (Phi) is 7.32. The number of hydrogen-bond donors (Lipinski definition) is 3. The van der Waals surface area contributed by atoms with Crippen LogP contribution in [0.4, 0.5) is 4.79 Å². The minimum Gasteiger partial charge on any atom is -0.388 e. The number of carbonyl (C=O) groups is 1. The molecule has 0 aromatic heterocycles. The first-order valence-electron chi connectivity index (χ1n) is 9.65. The lowest BCUT2D eigenvalue weighted by molar-refractivity contribution is 0.0346. The molecular weight excluding hydrogens is 304 g/mol. The lowest BCUT2D eigenvalue weighted by Gasteiger charge is -2.41. The van der Waals surface area contributed by atoms with Crippen LogP contribution in [0.15, 0.2) is 0 Å². The van der Waals surface area contributed by atoms with Gasteiger partial charge in [0.2, 0.25) is 0 Å². The van der Waals surface area contributed by atoms with Crippen molar-refractivity contribution in [2.75, 3.05) is 39.8 Å². The predicted octanol–water partition coefficient (Wildman–Crippen LogP) is 1.40. The number of nitrogens with zero attached hydrogens (tertiary/aromatic N) is 2. The van der Waals surface area contributed by atoms with E-state index in [-0.39, 0.29) is 12.1 Å². The van der Waals surface area contributed by atoms with E-state index in [4.69, 9.17) is 0 Å². The summed E-state index contributed by atoms with van der Waals surface area (Å²) in [5, 5.41) is 16.1. The fourth-order valence-corrected chi connectivity index (χ4v) is 3.75. The molecule has 6 nitrogen and oxygen atoms in total. The van der Waals surface area contributed by atoms with E-state index >= 15 is 0 Å². The largest absolute Gasteiger partial charge is 0.388 e. The van der Waals surface area contributed by atoms with Crippen LogP contribution in [-0.4, -0.2) is 78.4 Å². The highest BCUT2D eigenvalue weighted by Gasteiger charge is 2.28. The van der Waals surface area contributed by atoms with Gasteiger partial charge in [-0.25, -0.2) is 4.79 Å². The Morgan fingerprint density at radius 1 is 1.08 bits per heavy atom. The van der Waals surface area contributed by atoms with Gasteiger partial charge in [0, 0.05) is 31.7 Å². The average Bonchev–Trinajstić information content (AvgIpc) is 2.61. The van der Waals surface area contributed by atoms with Crippen LogP contribution in [0, 0.1) is 0 Å². The molecule has 0 radical (unpaired) electrons. The normalized spacial score (nSPS) is 22.5. The number of piperidine rings is 2. The zero-order chi connectivity index (χ0) is 17.6. The van der Waals surface area contributed by atoms with Crippen LogP contribution in [0.3, 0.4) is 0 Å². The summed E-state index contributed by atoms with van der Waals surface area (Å²) in [7, 11) is 2.20. The van der Waals surface area contributed by atoms with Crippen LogP contribution in [0.25, 0.3) is 0 Å². The van der Waals surface area contributed by atoms with Gasteiger partial charge < -0.3 is 25.5 Å². The SMILES string of the molecule is CCC(O)(CC)CNC(=O)NC1CCN(C2CCN(C)CC2)CC1. The van der Waals surface area contributed by atoms with E-state index in [1.54, 1.807) is 0 Å². The zero-order valence-corrected chi connectivity index (χ0v) is 15.7. The van der Waals surface area contributed by atoms with Crippen molar-refractivity contribution in [3.63, 3.8) is 0 Å². The molecule has 0 aromatic rings. The van der Waals surface area contributed by atoms with Gasteiger partial charge in [-0.15, -0.1) is 0 Å². The van der Waals surface area contributed by atoms with Crippen LogP contribution in [0.5, 0.6) is 0 Å². The molecule has 2 heterocycles. The Bertz CT molecular complexity index is 384. The molecule has 2 rings (SSSR count). The Balaban J connectivity index is 1.66. The van der Waals surface area contributed by atoms with Crippen molar-refractivity contribution in [2.24, 2.45) is 0 Å². The molecule has 2 aliphatic rings. The van der Waals surface area contributed by atoms with Crippen molar-refractivity contribution in [1.82, 2.24) is 20.4 Å². The summed E-state index contributed by atoms with van der Waals surface area (Å²) in [5.74, 6) is 0. The highest BCUT2D eigenvalue weighted by atomic mass is 16.3. The van der Waals surface area contributed by atoms with Crippen LogP contribution >= 0.6 is 0 Å². The number of likely N-dealkylation sites (tertiary alicyclic amines) is 2. The van der Waals surface area contributed by atoms with Crippen LogP contribution in [0.1, 0.15) is 52.4 Å². The summed E-state index contributed by atoms with van der Waals surface area (Å²) in [6.45, 7) is 8.76. The van der Waals surface area contributed by atoms with Gasteiger partial charge in [-0.1, -0.05) is 13.8 Å². The van der Waals surface area contributed by atoms with Gasteiger partial charge in [-0.05, 0) is 58.7 Å². The fraction of sp³-hybridized carbons (Fsp3) is 0.944. The predicted molar refractivity (Wildman–Crippen MR) is 97.2 cm³/mol. The molecule has 0 spiro atoms. The molecule has 0 saturated carbocycles. The Morgan fingerprint density at radius 2 is 1.67 bits per heavy atom. The number of carbonyl (C=O) groups excluding carboxylic acids is 1. The summed E-state index contributed by atoms with van der Waals surface area (Å²) < 4.78 is 0. The fourth-order valence-electron chi connectivity index (χ4n) is 3.75. The number of nitrogens with one attached hydrogen (secondary N) is 2. The number of hydrogen-bond acceptors (Lipinski definition) is 4. The lowest BCUT2D eigenvalue weighted by Crippen LogP contribution is -2.53. The molecule has 6 heteroatoms. The van der Waals surface area contributed by atoms with Crippen LogP contribution in [0.2, 0.25) is 0 Å². The topological polar surface area (TPSA) is 67.8 Å². The summed E-state index contributed by atoms with van der Waals surface area (Å²) in [4.78, 5) is 17.1. The van der Waals surface area contributed by atoms with E-state index in [1.165, 1.54) is 25.9 Å². The van der Waals surface area contributed by atoms with Crippen molar-refractivity contribution in [2.45, 2.75) is 70.1 Å². The third kappa shape index (κ3) is 5.60. The third-order valence-corrected chi connectivity index (χ3v) is 5.96. The first-order chi connectivity index (χ1) is 11.5. The summed E-state index contributed by atoms with van der Waals surface area (Å²) in [5.41, 5.74) is -0.783. The monoisotopic (exact) mass is 340 g/mol. The number of rotatable bonds is 6. The maximum Gasteiger partial charge on any atom is 0.315 e. The van der Waals surface area contributed by atoms with Gasteiger partial charge in [-0.3, -0.25) is 0 Å². The van der Waals surface area contributed by atoms with Gasteiger partial charge in [0.05, 0.1) is 5.60 Å². The van der Waals surface area contributed by atoms with Crippen LogP contribution < -0.4 is 10.6 Å². The average molecular weight is 341 g/mol. The van der Waals surface area contributed by atoms with Crippen molar-refractivity contribution in [3.8, 4) is 0 Å². The van der Waals surface area contributed by atoms with Crippen LogP contribution in [-0.2, 0) is 0 Å². The molecule has 0 aromatic carbocycles. The molecule has 140 valence electrons. The lowest BCUT2D eigenvalue weighted by atomic mass is 9.97. The van der Waals surface area contributed by atoms with Crippen molar-refractivity contribution >= 4 is 6.03 Å². The standard InChI is InChI=1S/C18H36N4O2/c1-4-18(24,5-2)14-19-17(23)20-15-6-12-22(13-7-15)16-8-10-21(3)11-9-16/h15-16,24H,4-14H2,1-3H3,(H2,19,20,23). The third-order valence-electron chi connectivity index (χ3n) is 5.96. The molecule has 3 N–H and O–H groups in total. The van der Waals surface area contributed by atoms with Crippen molar-refractivity contribution in [1.29, 1.82) is 0 Å². The summed E-state index contributed by atoms with van der Waals surface area (Å²) >= 11 is 0. The molecular formula is C18H36N4O2. The van der Waals surface area contributed by atoms with E-state index in [9.17, 15) is 9.90 Å². The second kappa shape index (κ2) is 9.02. The molecule has 24 heavy (non-hydrogen) atoms. The second-order valence-corrected chi connectivity index (χ2v) is 7.60. The quantitative estimate of drug-likeness (QED) is 0.684. The van der Waals surface area contributed by atoms with E-state index in [0.29, 0.717) is 19.4 Å². The van der Waals surface area contributed by atoms with Crippen molar-refractivity contribution in [3.05, 3.63) is 0 Å². The highest BCUT2D eigenvalue weighted by molar-refractivity contribution is 5.74. The minimum atomic E-state index is -0.783. The van der Waals surface area contributed by atoms with Gasteiger partial charge in [-0.2, -0.15) is 0 Å². The molecule has 2 saturated heterocycles. The van der Waals surface area contributed by atoms with Gasteiger partial charge in [0.15, 0.2) is 0 Å². The minimum absolute atomic E-state index is 0.145. The molecule has 2 aliphatic heterocycles. The number of aliphatic hydroxyl groups is 1. The molecule has 0 bridgehead atoms. The zero-order valence-electron chi connectivity index (χ0n) is 15.7. The number of amides is 2. The first kappa shape index (κ1) is 19.5. The maximum atomic E-state index is 12.1. The molecule has 2 amide bonds. The molecule has 2 fully saturated rings. The van der Waals surface area contributed by atoms with E-state index in [1.807, 2.05) is 13.8 Å². The summed E-state index contributed by atoms with van der Waals surface area (Å²) in [6, 6.07) is 0.831. The van der Waals surface area contributed by atoms with Gasteiger partial charge >= 0.3 is 6.03 Å². The first-order valence-corrected chi connectivity index (χ1v) is 9.65. The Morgan fingerprint density at radius 3 is 2.21 bits per heavy atom. The number of urea groups is 1. The summed E-state index contributed by atoms with van der Waals surface area (Å²) in [6.07, 6.45) is 5.87. The maximum absolute atomic E-state index is 12.1. The van der Waals surface area contributed by atoms with E-state index in [0.717, 1.165) is 32.0 Å².